The SMILES string of the molecule is Cc1cc(N[C@@H](Cc2ccccc2)C(=O)NCc2cccc(F)c2)nc(NCCc2ccccc2)n1.O=C(O)C(F)(F)F. The molecule has 8 nitrogen and oxygen atoms in total. The first-order valence-electron chi connectivity index (χ1n) is 13.3. The van der Waals surface area contributed by atoms with Crippen LogP contribution in [0.5, 0.6) is 0 Å². The number of carboxylic acids is 1. The summed E-state index contributed by atoms with van der Waals surface area (Å²) in [5.41, 5.74) is 3.73. The van der Waals surface area contributed by atoms with Crippen molar-refractivity contribution in [2.24, 2.45) is 0 Å². The Morgan fingerprint density at radius 2 is 1.47 bits per heavy atom. The molecule has 226 valence electrons. The van der Waals surface area contributed by atoms with Crippen molar-refractivity contribution in [3.63, 3.8) is 0 Å². The fourth-order valence-electron chi connectivity index (χ4n) is 3.88. The van der Waals surface area contributed by atoms with Crippen LogP contribution in [-0.2, 0) is 29.0 Å². The van der Waals surface area contributed by atoms with Gasteiger partial charge in [0.05, 0.1) is 0 Å². The topological polar surface area (TPSA) is 116 Å². The van der Waals surface area contributed by atoms with E-state index in [1.165, 1.54) is 17.7 Å². The second-order valence-electron chi connectivity index (χ2n) is 9.42. The number of aliphatic carboxylic acids is 1. The molecule has 12 heteroatoms. The van der Waals surface area contributed by atoms with Gasteiger partial charge in [-0.05, 0) is 42.2 Å². The third-order valence-electron chi connectivity index (χ3n) is 5.91. The van der Waals surface area contributed by atoms with Crippen LogP contribution < -0.4 is 16.0 Å². The number of nitrogens with zero attached hydrogens (tertiary/aromatic N) is 2. The zero-order valence-corrected chi connectivity index (χ0v) is 23.2. The van der Waals surface area contributed by atoms with Crippen molar-refractivity contribution >= 4 is 23.6 Å². The number of aryl methyl sites for hydroxylation is 1. The van der Waals surface area contributed by atoms with Crippen molar-refractivity contribution in [1.82, 2.24) is 15.3 Å². The van der Waals surface area contributed by atoms with Gasteiger partial charge in [0.1, 0.15) is 17.7 Å². The Morgan fingerprint density at radius 3 is 2.07 bits per heavy atom. The molecule has 1 atom stereocenters. The molecule has 43 heavy (non-hydrogen) atoms. The minimum Gasteiger partial charge on any atom is -0.475 e. The molecule has 1 heterocycles. The van der Waals surface area contributed by atoms with E-state index in [9.17, 15) is 22.4 Å². The summed E-state index contributed by atoms with van der Waals surface area (Å²) in [4.78, 5) is 31.2. The number of anilines is 2. The molecule has 0 bridgehead atoms. The van der Waals surface area contributed by atoms with Gasteiger partial charge in [-0.3, -0.25) is 4.79 Å². The van der Waals surface area contributed by atoms with Gasteiger partial charge in [0.2, 0.25) is 11.9 Å². The molecule has 0 spiro atoms. The number of rotatable bonds is 11. The Bertz CT molecular complexity index is 1470. The highest BCUT2D eigenvalue weighted by molar-refractivity contribution is 5.84. The van der Waals surface area contributed by atoms with E-state index in [-0.39, 0.29) is 18.3 Å². The fourth-order valence-corrected chi connectivity index (χ4v) is 3.88. The average molecular weight is 598 g/mol. The van der Waals surface area contributed by atoms with Gasteiger partial charge in [-0.15, -0.1) is 0 Å². The van der Waals surface area contributed by atoms with E-state index in [0.29, 0.717) is 30.3 Å². The number of nitrogens with one attached hydrogen (secondary N) is 3. The molecule has 4 aromatic rings. The number of carbonyl (C=O) groups excluding carboxylic acids is 1. The minimum atomic E-state index is -5.08. The molecule has 1 aromatic heterocycles. The smallest absolute Gasteiger partial charge is 0.475 e. The van der Waals surface area contributed by atoms with Gasteiger partial charge in [0, 0.05) is 31.3 Å². The molecule has 0 saturated heterocycles. The van der Waals surface area contributed by atoms with Crippen molar-refractivity contribution in [1.29, 1.82) is 0 Å². The molecule has 4 N–H and O–H groups in total. The first kappa shape index (κ1) is 32.5. The monoisotopic (exact) mass is 597 g/mol. The van der Waals surface area contributed by atoms with Crippen LogP contribution in [0.2, 0.25) is 0 Å². The summed E-state index contributed by atoms with van der Waals surface area (Å²) >= 11 is 0. The Morgan fingerprint density at radius 1 is 0.860 bits per heavy atom. The average Bonchev–Trinajstić information content (AvgIpc) is 2.96. The lowest BCUT2D eigenvalue weighted by Crippen LogP contribution is -2.41. The summed E-state index contributed by atoms with van der Waals surface area (Å²) in [6, 6.07) is 27.5. The number of aromatic nitrogens is 2. The summed E-state index contributed by atoms with van der Waals surface area (Å²) < 4.78 is 45.3. The normalized spacial score (nSPS) is 11.5. The minimum absolute atomic E-state index is 0.196. The highest BCUT2D eigenvalue weighted by Gasteiger charge is 2.38. The van der Waals surface area contributed by atoms with Crippen LogP contribution >= 0.6 is 0 Å². The van der Waals surface area contributed by atoms with Crippen molar-refractivity contribution in [2.45, 2.75) is 38.5 Å². The van der Waals surface area contributed by atoms with Gasteiger partial charge < -0.3 is 21.1 Å². The zero-order valence-electron chi connectivity index (χ0n) is 23.2. The number of hydrogen-bond donors (Lipinski definition) is 4. The van der Waals surface area contributed by atoms with E-state index in [1.807, 2.05) is 61.5 Å². The third-order valence-corrected chi connectivity index (χ3v) is 5.91. The van der Waals surface area contributed by atoms with Gasteiger partial charge in [-0.2, -0.15) is 18.2 Å². The van der Waals surface area contributed by atoms with Gasteiger partial charge in [-0.1, -0.05) is 72.8 Å². The molecule has 0 aliphatic rings. The molecule has 0 saturated carbocycles. The molecule has 0 unspecified atom stereocenters. The summed E-state index contributed by atoms with van der Waals surface area (Å²) in [6.07, 6.45) is -3.77. The molecule has 0 fully saturated rings. The number of alkyl halides is 3. The highest BCUT2D eigenvalue weighted by Crippen LogP contribution is 2.15. The van der Waals surface area contributed by atoms with E-state index in [2.05, 4.69) is 38.1 Å². The number of amides is 1. The van der Waals surface area contributed by atoms with Gasteiger partial charge in [0.25, 0.3) is 0 Å². The van der Waals surface area contributed by atoms with E-state index in [1.54, 1.807) is 12.1 Å². The van der Waals surface area contributed by atoms with Crippen molar-refractivity contribution in [2.75, 3.05) is 17.2 Å². The molecular weight excluding hydrogens is 566 g/mol. The van der Waals surface area contributed by atoms with Gasteiger partial charge in [-0.25, -0.2) is 14.2 Å². The maximum atomic E-state index is 13.5. The van der Waals surface area contributed by atoms with E-state index in [4.69, 9.17) is 9.90 Å². The van der Waals surface area contributed by atoms with Crippen LogP contribution in [0.1, 0.15) is 22.4 Å². The molecular formula is C31H31F4N5O3. The highest BCUT2D eigenvalue weighted by atomic mass is 19.4. The van der Waals surface area contributed by atoms with Crippen LogP contribution in [0.15, 0.2) is 91.0 Å². The van der Waals surface area contributed by atoms with Crippen molar-refractivity contribution in [3.05, 3.63) is 119 Å². The number of carboxylic acid groups (broad SMARTS) is 1. The maximum absolute atomic E-state index is 13.5. The second-order valence-corrected chi connectivity index (χ2v) is 9.42. The predicted molar refractivity (Wildman–Crippen MR) is 155 cm³/mol. The Kier molecular flexibility index (Phi) is 12.0. The summed E-state index contributed by atoms with van der Waals surface area (Å²) in [5, 5.41) is 16.6. The van der Waals surface area contributed by atoms with E-state index in [0.717, 1.165) is 17.7 Å². The Hall–Kier alpha value is -5.00. The maximum Gasteiger partial charge on any atom is 0.490 e. The number of carbonyl (C=O) groups is 2. The summed E-state index contributed by atoms with van der Waals surface area (Å²) in [7, 11) is 0. The Labute approximate surface area is 246 Å². The standard InChI is InChI=1S/C29H30FN5O.C2HF3O2/c1-21-17-27(35-29(33-21)31-16-15-22-9-4-2-5-10-22)34-26(19-23-11-6-3-7-12-23)28(36)32-20-24-13-8-14-25(30)18-24;3-2(4,5)1(6)7/h2-14,17-18,26H,15-16,19-20H2,1H3,(H,32,36)(H2,31,33,34,35);(H,6,7)/t26-;/m0./s1. The molecule has 0 radical (unpaired) electrons. The lowest BCUT2D eigenvalue weighted by Gasteiger charge is -2.20. The lowest BCUT2D eigenvalue weighted by atomic mass is 10.0. The lowest BCUT2D eigenvalue weighted by molar-refractivity contribution is -0.192. The molecule has 0 aliphatic heterocycles. The number of hydrogen-bond acceptors (Lipinski definition) is 6. The Balaban J connectivity index is 0.000000646. The van der Waals surface area contributed by atoms with Crippen LogP contribution in [-0.4, -0.2) is 45.7 Å². The number of halogens is 4. The third kappa shape index (κ3) is 11.8. The van der Waals surface area contributed by atoms with Gasteiger partial charge in [0.15, 0.2) is 0 Å². The van der Waals surface area contributed by atoms with Crippen LogP contribution in [0.4, 0.5) is 29.3 Å². The largest absolute Gasteiger partial charge is 0.490 e. The molecule has 0 aliphatic carbocycles. The molecule has 1 amide bonds. The quantitative estimate of drug-likeness (QED) is 0.168. The van der Waals surface area contributed by atoms with Crippen molar-refractivity contribution in [3.8, 4) is 0 Å². The summed E-state index contributed by atoms with van der Waals surface area (Å²) in [6.45, 7) is 2.82. The predicted octanol–water partition coefficient (Wildman–Crippen LogP) is 5.55. The number of benzene rings is 3. The van der Waals surface area contributed by atoms with Crippen LogP contribution in [0.3, 0.4) is 0 Å². The molecule has 4 rings (SSSR count). The van der Waals surface area contributed by atoms with E-state index < -0.39 is 18.2 Å². The van der Waals surface area contributed by atoms with Gasteiger partial charge >= 0.3 is 12.1 Å². The van der Waals surface area contributed by atoms with Crippen molar-refractivity contribution < 1.29 is 32.3 Å². The summed E-state index contributed by atoms with van der Waals surface area (Å²) in [5.74, 6) is -2.21. The zero-order chi connectivity index (χ0) is 31.2. The van der Waals surface area contributed by atoms with E-state index >= 15 is 0 Å². The first-order valence-corrected chi connectivity index (χ1v) is 13.3. The molecule has 3 aromatic carbocycles. The van der Waals surface area contributed by atoms with Crippen LogP contribution in [0, 0.1) is 12.7 Å². The second kappa shape index (κ2) is 15.9. The van der Waals surface area contributed by atoms with Crippen LogP contribution in [0.25, 0.3) is 0 Å². The fraction of sp³-hybridized carbons (Fsp3) is 0.226. The first-order chi connectivity index (χ1) is 20.5.